The van der Waals surface area contributed by atoms with Crippen LogP contribution in [0.3, 0.4) is 0 Å². The molecule has 0 aromatic carbocycles. The molecule has 0 unspecified atom stereocenters. The molecule has 3 rings (SSSR count). The van der Waals surface area contributed by atoms with Crippen LogP contribution >= 0.6 is 11.3 Å². The average molecular weight is 237 g/mol. The molecule has 1 saturated heterocycles. The highest BCUT2D eigenvalue weighted by molar-refractivity contribution is 7.15. The van der Waals surface area contributed by atoms with Crippen LogP contribution in [0.2, 0.25) is 0 Å². The van der Waals surface area contributed by atoms with Crippen molar-refractivity contribution in [3.63, 3.8) is 0 Å². The van der Waals surface area contributed by atoms with Gasteiger partial charge in [0.25, 0.3) is 0 Å². The largest absolute Gasteiger partial charge is 0.347 e. The summed E-state index contributed by atoms with van der Waals surface area (Å²) in [6.07, 6.45) is 9.47. The van der Waals surface area contributed by atoms with Crippen LogP contribution < -0.4 is 4.90 Å². The van der Waals surface area contributed by atoms with Gasteiger partial charge in [-0.15, -0.1) is 10.2 Å². The second kappa shape index (κ2) is 4.70. The summed E-state index contributed by atoms with van der Waals surface area (Å²) in [5.41, 5.74) is 0. The van der Waals surface area contributed by atoms with Crippen LogP contribution in [0, 0.1) is 0 Å². The third kappa shape index (κ3) is 2.37. The first-order chi connectivity index (χ1) is 7.93. The monoisotopic (exact) mass is 237 g/mol. The van der Waals surface area contributed by atoms with Gasteiger partial charge in [-0.2, -0.15) is 0 Å². The van der Waals surface area contributed by atoms with E-state index in [2.05, 4.69) is 15.1 Å². The average Bonchev–Trinajstić information content (AvgIpc) is 2.98. The second-order valence-electron chi connectivity index (χ2n) is 4.95. The van der Waals surface area contributed by atoms with Gasteiger partial charge < -0.3 is 4.90 Å². The van der Waals surface area contributed by atoms with Crippen molar-refractivity contribution in [3.05, 3.63) is 5.01 Å². The number of anilines is 1. The van der Waals surface area contributed by atoms with E-state index in [-0.39, 0.29) is 0 Å². The number of aromatic nitrogens is 2. The Morgan fingerprint density at radius 2 is 1.62 bits per heavy atom. The van der Waals surface area contributed by atoms with Crippen molar-refractivity contribution in [3.8, 4) is 0 Å². The van der Waals surface area contributed by atoms with Gasteiger partial charge in [0.05, 0.1) is 0 Å². The fourth-order valence-electron chi connectivity index (χ4n) is 2.29. The fraction of sp³-hybridized carbons (Fsp3) is 0.833. The Labute approximate surface area is 101 Å². The molecule has 0 bridgehead atoms. The summed E-state index contributed by atoms with van der Waals surface area (Å²) in [7, 11) is 0. The molecule has 0 amide bonds. The zero-order chi connectivity index (χ0) is 10.8. The molecule has 16 heavy (non-hydrogen) atoms. The third-order valence-electron chi connectivity index (χ3n) is 3.48. The van der Waals surface area contributed by atoms with Gasteiger partial charge in [0.2, 0.25) is 5.13 Å². The highest BCUT2D eigenvalue weighted by atomic mass is 32.1. The summed E-state index contributed by atoms with van der Waals surface area (Å²) in [5, 5.41) is 11.1. The zero-order valence-electron chi connectivity index (χ0n) is 9.69. The van der Waals surface area contributed by atoms with Crippen LogP contribution in [0.1, 0.15) is 55.9 Å². The minimum absolute atomic E-state index is 0.751. The van der Waals surface area contributed by atoms with E-state index in [1.807, 2.05) is 11.3 Å². The number of rotatable bonds is 2. The van der Waals surface area contributed by atoms with Crippen molar-refractivity contribution < 1.29 is 0 Å². The van der Waals surface area contributed by atoms with Crippen molar-refractivity contribution >= 4 is 16.5 Å². The predicted molar refractivity (Wildman–Crippen MR) is 67.2 cm³/mol. The van der Waals surface area contributed by atoms with E-state index in [1.165, 1.54) is 68.2 Å². The zero-order valence-corrected chi connectivity index (χ0v) is 10.5. The standard InChI is InChI=1S/C12H19N3S/c1-2-4-8-15(9-5-3-1)12-14-13-11(16-12)10-6-7-10/h10H,1-9H2. The maximum Gasteiger partial charge on any atom is 0.208 e. The first-order valence-corrected chi connectivity index (χ1v) is 7.33. The van der Waals surface area contributed by atoms with Crippen LogP contribution in [-0.2, 0) is 0 Å². The Bertz CT molecular complexity index is 338. The van der Waals surface area contributed by atoms with Crippen LogP contribution in [0.25, 0.3) is 0 Å². The number of hydrogen-bond acceptors (Lipinski definition) is 4. The molecule has 88 valence electrons. The van der Waals surface area contributed by atoms with Crippen molar-refractivity contribution in [1.82, 2.24) is 10.2 Å². The molecule has 0 atom stereocenters. The molecule has 1 aromatic heterocycles. The third-order valence-corrected chi connectivity index (χ3v) is 4.63. The van der Waals surface area contributed by atoms with E-state index in [4.69, 9.17) is 0 Å². The van der Waals surface area contributed by atoms with Crippen molar-refractivity contribution in [2.45, 2.75) is 50.9 Å². The Balaban J connectivity index is 1.67. The van der Waals surface area contributed by atoms with Crippen molar-refractivity contribution in [1.29, 1.82) is 0 Å². The lowest BCUT2D eigenvalue weighted by Gasteiger charge is -2.23. The SMILES string of the molecule is C1CCCN(c2nnc(C3CC3)s2)CCC1. The van der Waals surface area contributed by atoms with Crippen LogP contribution in [-0.4, -0.2) is 23.3 Å². The van der Waals surface area contributed by atoms with Gasteiger partial charge in [0.1, 0.15) is 5.01 Å². The van der Waals surface area contributed by atoms with Crippen LogP contribution in [0.15, 0.2) is 0 Å². The van der Waals surface area contributed by atoms with Gasteiger partial charge >= 0.3 is 0 Å². The molecule has 1 aromatic rings. The molecule has 0 radical (unpaired) electrons. The van der Waals surface area contributed by atoms with E-state index in [1.54, 1.807) is 0 Å². The molecule has 2 fully saturated rings. The molecule has 4 heteroatoms. The summed E-state index contributed by atoms with van der Waals surface area (Å²) in [4.78, 5) is 2.45. The normalized spacial score (nSPS) is 22.9. The van der Waals surface area contributed by atoms with Gasteiger partial charge in [-0.05, 0) is 25.7 Å². The van der Waals surface area contributed by atoms with Crippen LogP contribution in [0.5, 0.6) is 0 Å². The smallest absolute Gasteiger partial charge is 0.208 e. The minimum atomic E-state index is 0.751. The second-order valence-corrected chi connectivity index (χ2v) is 5.94. The molecule has 0 spiro atoms. The Morgan fingerprint density at radius 1 is 0.938 bits per heavy atom. The Kier molecular flexibility index (Phi) is 3.09. The highest BCUT2D eigenvalue weighted by Crippen LogP contribution is 2.42. The maximum atomic E-state index is 4.37. The van der Waals surface area contributed by atoms with E-state index < -0.39 is 0 Å². The maximum absolute atomic E-state index is 4.37. The summed E-state index contributed by atoms with van der Waals surface area (Å²) in [6.45, 7) is 2.36. The lowest BCUT2D eigenvalue weighted by Crippen LogP contribution is -2.26. The lowest BCUT2D eigenvalue weighted by atomic mass is 10.1. The quantitative estimate of drug-likeness (QED) is 0.791. The Morgan fingerprint density at radius 3 is 2.31 bits per heavy atom. The first-order valence-electron chi connectivity index (χ1n) is 6.52. The van der Waals surface area contributed by atoms with E-state index in [9.17, 15) is 0 Å². The molecule has 2 aliphatic rings. The van der Waals surface area contributed by atoms with Gasteiger partial charge in [-0.3, -0.25) is 0 Å². The molecule has 1 aliphatic carbocycles. The van der Waals surface area contributed by atoms with E-state index in [0.717, 1.165) is 5.92 Å². The minimum Gasteiger partial charge on any atom is -0.347 e. The first kappa shape index (κ1) is 10.5. The number of hydrogen-bond donors (Lipinski definition) is 0. The van der Waals surface area contributed by atoms with Gasteiger partial charge in [0, 0.05) is 19.0 Å². The van der Waals surface area contributed by atoms with Crippen LogP contribution in [0.4, 0.5) is 5.13 Å². The molecular formula is C12H19N3S. The number of nitrogens with zero attached hydrogens (tertiary/aromatic N) is 3. The predicted octanol–water partition coefficient (Wildman–Crippen LogP) is 3.19. The topological polar surface area (TPSA) is 29.0 Å². The summed E-state index contributed by atoms with van der Waals surface area (Å²) in [6, 6.07) is 0. The van der Waals surface area contributed by atoms with Gasteiger partial charge in [-0.1, -0.05) is 30.6 Å². The molecular weight excluding hydrogens is 218 g/mol. The van der Waals surface area contributed by atoms with Crippen molar-refractivity contribution in [2.75, 3.05) is 18.0 Å². The molecule has 1 saturated carbocycles. The summed E-state index contributed by atoms with van der Waals surface area (Å²) < 4.78 is 0. The molecule has 1 aliphatic heterocycles. The van der Waals surface area contributed by atoms with E-state index >= 15 is 0 Å². The van der Waals surface area contributed by atoms with E-state index in [0.29, 0.717) is 0 Å². The molecule has 2 heterocycles. The van der Waals surface area contributed by atoms with Gasteiger partial charge in [0.15, 0.2) is 0 Å². The fourth-order valence-corrected chi connectivity index (χ4v) is 3.35. The van der Waals surface area contributed by atoms with Gasteiger partial charge in [-0.25, -0.2) is 0 Å². The molecule has 0 N–H and O–H groups in total. The summed E-state index contributed by atoms with van der Waals surface area (Å²) in [5.74, 6) is 0.751. The van der Waals surface area contributed by atoms with Crippen molar-refractivity contribution in [2.24, 2.45) is 0 Å². The highest BCUT2D eigenvalue weighted by Gasteiger charge is 2.28. The summed E-state index contributed by atoms with van der Waals surface area (Å²) >= 11 is 1.83. The Hall–Kier alpha value is -0.640. The lowest BCUT2D eigenvalue weighted by molar-refractivity contribution is 0.555. The molecule has 3 nitrogen and oxygen atoms in total.